The van der Waals surface area contributed by atoms with Crippen molar-refractivity contribution in [1.29, 1.82) is 0 Å². The second kappa shape index (κ2) is 48.6. The van der Waals surface area contributed by atoms with Crippen molar-refractivity contribution in [2.45, 2.75) is 148 Å². The number of alkyl carbamates (subject to hydrolysis) is 1. The molecule has 354 valence electrons. The Morgan fingerprint density at radius 1 is 0.476 bits per heavy atom. The minimum Gasteiger partial charge on any atom is -0.466 e. The van der Waals surface area contributed by atoms with Crippen LogP contribution < -0.4 is 5.32 Å². The summed E-state index contributed by atoms with van der Waals surface area (Å²) in [5.74, 6) is -0.444. The van der Waals surface area contributed by atoms with Gasteiger partial charge in [-0.15, -0.1) is 0 Å². The number of hydrogen-bond donors (Lipinski definition) is 1. The van der Waals surface area contributed by atoms with Gasteiger partial charge in [0.15, 0.2) is 0 Å². The third kappa shape index (κ3) is 48.4. The van der Waals surface area contributed by atoms with E-state index in [0.717, 1.165) is 96.4 Å². The number of rotatable bonds is 41. The summed E-state index contributed by atoms with van der Waals surface area (Å²) in [6, 6.07) is 0. The summed E-state index contributed by atoms with van der Waals surface area (Å²) >= 11 is 0. The predicted molar refractivity (Wildman–Crippen MR) is 265 cm³/mol. The fourth-order valence-corrected chi connectivity index (χ4v) is 5.63. The van der Waals surface area contributed by atoms with Gasteiger partial charge in [0.25, 0.3) is 0 Å². The molecule has 0 aromatic heterocycles. The van der Waals surface area contributed by atoms with Crippen molar-refractivity contribution in [3.8, 4) is 0 Å². The van der Waals surface area contributed by atoms with Gasteiger partial charge in [0.05, 0.1) is 26.4 Å². The Kier molecular flexibility index (Phi) is 45.1. The van der Waals surface area contributed by atoms with Gasteiger partial charge in [0.1, 0.15) is 6.10 Å². The smallest absolute Gasteiger partial charge is 0.407 e. The number of allylic oxidation sites excluding steroid dienone is 20. The summed E-state index contributed by atoms with van der Waals surface area (Å²) in [4.78, 5) is 39.2. The lowest BCUT2D eigenvalue weighted by Crippen LogP contribution is -2.32. The van der Waals surface area contributed by atoms with Gasteiger partial charge in [-0.25, -0.2) is 4.79 Å². The van der Waals surface area contributed by atoms with Crippen LogP contribution in [-0.2, 0) is 28.5 Å². The van der Waals surface area contributed by atoms with Crippen LogP contribution in [0.3, 0.4) is 0 Å². The van der Waals surface area contributed by atoms with Crippen LogP contribution in [0.2, 0.25) is 0 Å². The van der Waals surface area contributed by atoms with E-state index in [4.69, 9.17) is 18.9 Å². The number of carbonyl (C=O) groups is 3. The van der Waals surface area contributed by atoms with Crippen LogP contribution in [0.15, 0.2) is 122 Å². The quantitative estimate of drug-likeness (QED) is 0.0280. The fraction of sp³-hybridized carbons (Fsp3) is 0.574. The molecule has 0 aliphatic rings. The van der Waals surface area contributed by atoms with E-state index < -0.39 is 12.2 Å². The molecule has 0 aromatic carbocycles. The predicted octanol–water partition coefficient (Wildman–Crippen LogP) is 13.1. The van der Waals surface area contributed by atoms with Crippen LogP contribution in [-0.4, -0.2) is 82.6 Å². The molecule has 9 nitrogen and oxygen atoms in total. The Morgan fingerprint density at radius 2 is 0.841 bits per heavy atom. The zero-order chi connectivity index (χ0) is 45.9. The van der Waals surface area contributed by atoms with Crippen LogP contribution in [0, 0.1) is 0 Å². The highest BCUT2D eigenvalue weighted by Crippen LogP contribution is 2.12. The first-order valence-corrected chi connectivity index (χ1v) is 23.9. The van der Waals surface area contributed by atoms with Gasteiger partial charge in [-0.3, -0.25) is 9.59 Å². The lowest BCUT2D eigenvalue weighted by molar-refractivity contribution is -0.144. The zero-order valence-electron chi connectivity index (χ0n) is 39.8. The number of unbranched alkanes of at least 4 members (excludes halogenated alkanes) is 2. The van der Waals surface area contributed by atoms with Crippen molar-refractivity contribution >= 4 is 18.0 Å². The SMILES string of the molecule is CC/C=C\C/C=C\C/C=C\C/C=C\C/C=C\CCCC(=O)OCCCC(CCCOC(=O)CCC/C=C\C/C=C\C/C=C\C/C=C\C/C=C\CC)OC(=O)NCCOCCN(C)C. The number of hydrogen-bond acceptors (Lipinski definition) is 8. The summed E-state index contributed by atoms with van der Waals surface area (Å²) in [5, 5.41) is 2.75. The third-order valence-electron chi connectivity index (χ3n) is 9.16. The number of likely N-dealkylation sites (N-methyl/N-ethyl adjacent to an activating group) is 1. The Balaban J connectivity index is 4.37. The standard InChI is InChI=1S/C54H86N2O7/c1-5-7-9-11-13-15-17-19-21-23-25-27-29-31-33-35-37-43-52(57)61-47-39-41-51(63-54(59)55-45-49-60-50-46-56(3)4)42-40-48-62-53(58)44-38-36-34-32-30-28-26-24-22-20-18-16-14-12-10-8-6-2/h7-10,13-16,19-22,25-28,31-34,51H,5-6,11-12,17-18,23-24,29-30,35-50H2,1-4H3,(H,55,59)/b9-7-,10-8-,15-13-,16-14-,21-19-,22-20-,27-25-,28-26-,33-31-,34-32-. The maximum atomic E-state index is 12.5. The molecule has 0 spiro atoms. The molecule has 0 aliphatic heterocycles. The van der Waals surface area contributed by atoms with E-state index in [-0.39, 0.29) is 25.2 Å². The van der Waals surface area contributed by atoms with Crippen LogP contribution in [0.1, 0.15) is 142 Å². The number of carbonyl (C=O) groups excluding carboxylic acids is 3. The van der Waals surface area contributed by atoms with Crippen molar-refractivity contribution in [3.63, 3.8) is 0 Å². The molecule has 1 amide bonds. The lowest BCUT2D eigenvalue weighted by atomic mass is 10.1. The third-order valence-corrected chi connectivity index (χ3v) is 9.16. The van der Waals surface area contributed by atoms with Crippen molar-refractivity contribution < 1.29 is 33.3 Å². The zero-order valence-corrected chi connectivity index (χ0v) is 39.8. The summed E-state index contributed by atoms with van der Waals surface area (Å²) in [7, 11) is 3.95. The Bertz CT molecular complexity index is 1310. The first kappa shape index (κ1) is 58.5. The van der Waals surface area contributed by atoms with E-state index in [9.17, 15) is 14.4 Å². The second-order valence-electron chi connectivity index (χ2n) is 15.3. The molecule has 0 saturated heterocycles. The summed E-state index contributed by atoms with van der Waals surface area (Å²) in [6.07, 6.45) is 58.2. The van der Waals surface area contributed by atoms with Crippen LogP contribution in [0.25, 0.3) is 0 Å². The molecule has 0 heterocycles. The molecule has 9 heteroatoms. The number of esters is 2. The van der Waals surface area contributed by atoms with Gasteiger partial charge >= 0.3 is 18.0 Å². The van der Waals surface area contributed by atoms with Crippen LogP contribution in [0.5, 0.6) is 0 Å². The van der Waals surface area contributed by atoms with Gasteiger partial charge in [0.2, 0.25) is 0 Å². The summed E-state index contributed by atoms with van der Waals surface area (Å²) < 4.78 is 22.2. The summed E-state index contributed by atoms with van der Waals surface area (Å²) in [5.41, 5.74) is 0. The highest BCUT2D eigenvalue weighted by atomic mass is 16.6. The minimum atomic E-state index is -0.518. The molecule has 0 unspecified atom stereocenters. The van der Waals surface area contributed by atoms with Gasteiger partial charge in [-0.05, 0) is 130 Å². The molecular weight excluding hydrogens is 789 g/mol. The Labute approximate surface area is 383 Å². The number of amides is 1. The molecular formula is C54H86N2O7. The molecule has 0 atom stereocenters. The first-order chi connectivity index (χ1) is 30.9. The van der Waals surface area contributed by atoms with E-state index in [1.165, 1.54) is 0 Å². The van der Waals surface area contributed by atoms with Crippen LogP contribution >= 0.6 is 0 Å². The van der Waals surface area contributed by atoms with E-state index >= 15 is 0 Å². The maximum Gasteiger partial charge on any atom is 0.407 e. The molecule has 0 aliphatic carbocycles. The van der Waals surface area contributed by atoms with Gasteiger partial charge in [-0.1, -0.05) is 135 Å². The minimum absolute atomic E-state index is 0.222. The maximum absolute atomic E-state index is 12.5. The normalized spacial score (nSPS) is 12.7. The highest BCUT2D eigenvalue weighted by molar-refractivity contribution is 5.69. The Hall–Kier alpha value is -4.47. The average molecular weight is 875 g/mol. The van der Waals surface area contributed by atoms with Gasteiger partial charge in [0, 0.05) is 25.9 Å². The van der Waals surface area contributed by atoms with E-state index in [0.29, 0.717) is 58.3 Å². The van der Waals surface area contributed by atoms with Gasteiger partial charge < -0.3 is 29.2 Å². The molecule has 0 bridgehead atoms. The number of nitrogens with one attached hydrogen (secondary N) is 1. The highest BCUT2D eigenvalue weighted by Gasteiger charge is 2.15. The molecule has 0 fully saturated rings. The molecule has 0 saturated carbocycles. The number of nitrogens with zero attached hydrogens (tertiary/aromatic N) is 1. The first-order valence-electron chi connectivity index (χ1n) is 23.9. The van der Waals surface area contributed by atoms with Crippen molar-refractivity contribution in [2.75, 3.05) is 53.6 Å². The molecule has 0 aromatic rings. The van der Waals surface area contributed by atoms with E-state index in [1.807, 2.05) is 19.0 Å². The molecule has 0 rings (SSSR count). The van der Waals surface area contributed by atoms with Crippen molar-refractivity contribution in [1.82, 2.24) is 10.2 Å². The second-order valence-corrected chi connectivity index (χ2v) is 15.3. The topological polar surface area (TPSA) is 103 Å². The van der Waals surface area contributed by atoms with Crippen molar-refractivity contribution in [3.05, 3.63) is 122 Å². The monoisotopic (exact) mass is 875 g/mol. The fourth-order valence-electron chi connectivity index (χ4n) is 5.63. The van der Waals surface area contributed by atoms with Crippen LogP contribution in [0.4, 0.5) is 4.79 Å². The lowest BCUT2D eigenvalue weighted by Gasteiger charge is -2.18. The van der Waals surface area contributed by atoms with Gasteiger partial charge in [-0.2, -0.15) is 0 Å². The molecule has 0 radical (unpaired) electrons. The Morgan fingerprint density at radius 3 is 1.21 bits per heavy atom. The largest absolute Gasteiger partial charge is 0.466 e. The van der Waals surface area contributed by atoms with E-state index in [1.54, 1.807) is 0 Å². The molecule has 1 N–H and O–H groups in total. The molecule has 63 heavy (non-hydrogen) atoms. The number of ether oxygens (including phenoxy) is 4. The van der Waals surface area contributed by atoms with E-state index in [2.05, 4.69) is 141 Å². The summed E-state index contributed by atoms with van der Waals surface area (Å²) in [6.45, 7) is 6.92. The van der Waals surface area contributed by atoms with Crippen molar-refractivity contribution in [2.24, 2.45) is 0 Å². The average Bonchev–Trinajstić information content (AvgIpc) is 3.27.